The average molecular weight is 370 g/mol. The Morgan fingerprint density at radius 1 is 1.11 bits per heavy atom. The van der Waals surface area contributed by atoms with Gasteiger partial charge in [-0.15, -0.1) is 0 Å². The zero-order valence-corrected chi connectivity index (χ0v) is 16.0. The molecule has 2 aromatic rings. The minimum absolute atomic E-state index is 0.0404. The van der Waals surface area contributed by atoms with Crippen molar-refractivity contribution in [3.63, 3.8) is 0 Å². The maximum atomic E-state index is 12.6. The number of amides is 1. The lowest BCUT2D eigenvalue weighted by atomic mass is 10.2. The van der Waals surface area contributed by atoms with Crippen LogP contribution in [-0.4, -0.2) is 76.1 Å². The molecule has 8 heteroatoms. The van der Waals surface area contributed by atoms with Crippen molar-refractivity contribution in [3.8, 4) is 11.5 Å². The highest BCUT2D eigenvalue weighted by molar-refractivity contribution is 5.81. The molecule has 1 unspecified atom stereocenters. The predicted molar refractivity (Wildman–Crippen MR) is 101 cm³/mol. The summed E-state index contributed by atoms with van der Waals surface area (Å²) in [6, 6.07) is 3.91. The van der Waals surface area contributed by atoms with Gasteiger partial charge in [0.1, 0.15) is 5.82 Å². The van der Waals surface area contributed by atoms with Crippen LogP contribution in [0.3, 0.4) is 0 Å². The number of piperazine rings is 1. The van der Waals surface area contributed by atoms with Gasteiger partial charge in [0.2, 0.25) is 5.91 Å². The van der Waals surface area contributed by atoms with Crippen molar-refractivity contribution in [2.45, 2.75) is 32.7 Å². The van der Waals surface area contributed by atoms with Crippen molar-refractivity contribution in [2.24, 2.45) is 0 Å². The first-order chi connectivity index (χ1) is 13.1. The van der Waals surface area contributed by atoms with Crippen molar-refractivity contribution in [3.05, 3.63) is 24.2 Å². The van der Waals surface area contributed by atoms with E-state index < -0.39 is 0 Å². The van der Waals surface area contributed by atoms with Crippen LogP contribution >= 0.6 is 0 Å². The molecule has 0 radical (unpaired) electrons. The number of aryl methyl sites for hydroxylation is 1. The number of aromatic nitrogens is 3. The average Bonchev–Trinajstić information content (AvgIpc) is 3.39. The molecule has 1 atom stereocenters. The summed E-state index contributed by atoms with van der Waals surface area (Å²) in [6.45, 7) is 9.13. The van der Waals surface area contributed by atoms with E-state index in [2.05, 4.69) is 24.9 Å². The third-order valence-electron chi connectivity index (χ3n) is 5.48. The van der Waals surface area contributed by atoms with Gasteiger partial charge in [0.15, 0.2) is 5.82 Å². The molecule has 2 aliphatic rings. The SMILES string of the molecule is Cc1noc(-c2ccc(N3CCN(C(C)C(=O)N4CCCC4)CC3)nc2)n1. The van der Waals surface area contributed by atoms with E-state index in [1.807, 2.05) is 24.0 Å². The van der Waals surface area contributed by atoms with E-state index in [4.69, 9.17) is 4.52 Å². The summed E-state index contributed by atoms with van der Waals surface area (Å²) in [4.78, 5) is 27.9. The van der Waals surface area contributed by atoms with Crippen molar-refractivity contribution < 1.29 is 9.32 Å². The van der Waals surface area contributed by atoms with E-state index >= 15 is 0 Å². The summed E-state index contributed by atoms with van der Waals surface area (Å²) in [7, 11) is 0. The molecule has 8 nitrogen and oxygen atoms in total. The third kappa shape index (κ3) is 3.80. The van der Waals surface area contributed by atoms with Crippen LogP contribution < -0.4 is 4.90 Å². The largest absolute Gasteiger partial charge is 0.354 e. The van der Waals surface area contributed by atoms with Gasteiger partial charge in [0, 0.05) is 45.5 Å². The van der Waals surface area contributed by atoms with E-state index in [9.17, 15) is 4.79 Å². The van der Waals surface area contributed by atoms with Gasteiger partial charge in [-0.3, -0.25) is 9.69 Å². The van der Waals surface area contributed by atoms with Crippen LogP contribution in [0.15, 0.2) is 22.9 Å². The van der Waals surface area contributed by atoms with Crippen LogP contribution in [-0.2, 0) is 4.79 Å². The molecule has 2 saturated heterocycles. The molecule has 0 saturated carbocycles. The highest BCUT2D eigenvalue weighted by atomic mass is 16.5. The van der Waals surface area contributed by atoms with Crippen LogP contribution in [0.5, 0.6) is 0 Å². The Morgan fingerprint density at radius 2 is 1.85 bits per heavy atom. The number of carbonyl (C=O) groups excluding carboxylic acids is 1. The number of hydrogen-bond acceptors (Lipinski definition) is 7. The smallest absolute Gasteiger partial charge is 0.259 e. The fourth-order valence-corrected chi connectivity index (χ4v) is 3.81. The second kappa shape index (κ2) is 7.64. The molecule has 2 aliphatic heterocycles. The Morgan fingerprint density at radius 3 is 2.44 bits per heavy atom. The summed E-state index contributed by atoms with van der Waals surface area (Å²) in [5.74, 6) is 2.32. The van der Waals surface area contributed by atoms with Gasteiger partial charge in [0.05, 0.1) is 11.6 Å². The fraction of sp³-hybridized carbons (Fsp3) is 0.579. The standard InChI is InChI=1S/C19H26N6O2/c1-14(19(26)25-7-3-4-8-25)23-9-11-24(12-10-23)17-6-5-16(13-20-17)18-21-15(2)22-27-18/h5-6,13-14H,3-4,7-12H2,1-2H3. The molecule has 27 heavy (non-hydrogen) atoms. The number of likely N-dealkylation sites (tertiary alicyclic amines) is 1. The number of hydrogen-bond donors (Lipinski definition) is 0. The van der Waals surface area contributed by atoms with Crippen molar-refractivity contribution in [1.82, 2.24) is 24.9 Å². The lowest BCUT2D eigenvalue weighted by Crippen LogP contribution is -2.54. The second-order valence-electron chi connectivity index (χ2n) is 7.28. The van der Waals surface area contributed by atoms with Gasteiger partial charge >= 0.3 is 0 Å². The van der Waals surface area contributed by atoms with Gasteiger partial charge in [-0.05, 0) is 38.8 Å². The fourth-order valence-electron chi connectivity index (χ4n) is 3.81. The van der Waals surface area contributed by atoms with E-state index in [1.165, 1.54) is 0 Å². The van der Waals surface area contributed by atoms with Gasteiger partial charge in [-0.25, -0.2) is 4.98 Å². The molecule has 0 N–H and O–H groups in total. The van der Waals surface area contributed by atoms with E-state index in [0.717, 1.165) is 63.5 Å². The van der Waals surface area contributed by atoms with E-state index in [0.29, 0.717) is 11.7 Å². The summed E-state index contributed by atoms with van der Waals surface area (Å²) >= 11 is 0. The quantitative estimate of drug-likeness (QED) is 0.808. The molecule has 0 spiro atoms. The van der Waals surface area contributed by atoms with Crippen molar-refractivity contribution >= 4 is 11.7 Å². The summed E-state index contributed by atoms with van der Waals surface area (Å²) in [6.07, 6.45) is 4.04. The maximum Gasteiger partial charge on any atom is 0.259 e. The lowest BCUT2D eigenvalue weighted by Gasteiger charge is -2.39. The molecule has 0 aliphatic carbocycles. The normalized spacial score (nSPS) is 19.5. The highest BCUT2D eigenvalue weighted by Crippen LogP contribution is 2.21. The van der Waals surface area contributed by atoms with Crippen LogP contribution in [0.4, 0.5) is 5.82 Å². The first-order valence-electron chi connectivity index (χ1n) is 9.66. The monoisotopic (exact) mass is 370 g/mol. The van der Waals surface area contributed by atoms with Gasteiger partial charge in [-0.2, -0.15) is 4.98 Å². The van der Waals surface area contributed by atoms with Gasteiger partial charge in [-0.1, -0.05) is 5.16 Å². The molecule has 144 valence electrons. The van der Waals surface area contributed by atoms with Crippen molar-refractivity contribution in [2.75, 3.05) is 44.2 Å². The molecule has 4 heterocycles. The van der Waals surface area contributed by atoms with Crippen molar-refractivity contribution in [1.29, 1.82) is 0 Å². The molecule has 2 aromatic heterocycles. The summed E-state index contributed by atoms with van der Waals surface area (Å²) < 4.78 is 5.18. The van der Waals surface area contributed by atoms with Gasteiger partial charge in [0.25, 0.3) is 5.89 Å². The number of anilines is 1. The van der Waals surface area contributed by atoms with E-state index in [-0.39, 0.29) is 11.9 Å². The lowest BCUT2D eigenvalue weighted by molar-refractivity contribution is -0.135. The first-order valence-corrected chi connectivity index (χ1v) is 9.66. The number of rotatable bonds is 4. The second-order valence-corrected chi connectivity index (χ2v) is 7.28. The maximum absolute atomic E-state index is 12.6. The molecule has 0 aromatic carbocycles. The zero-order valence-electron chi connectivity index (χ0n) is 16.0. The highest BCUT2D eigenvalue weighted by Gasteiger charge is 2.30. The number of carbonyl (C=O) groups is 1. The van der Waals surface area contributed by atoms with Crippen LogP contribution in [0, 0.1) is 6.92 Å². The Hall–Kier alpha value is -2.48. The molecular weight excluding hydrogens is 344 g/mol. The Labute approximate surface area is 159 Å². The summed E-state index contributed by atoms with van der Waals surface area (Å²) in [5, 5.41) is 3.81. The molecule has 4 rings (SSSR count). The minimum atomic E-state index is -0.0404. The minimum Gasteiger partial charge on any atom is -0.354 e. The Bertz CT molecular complexity index is 776. The summed E-state index contributed by atoms with van der Waals surface area (Å²) in [5.41, 5.74) is 0.822. The molecular formula is C19H26N6O2. The van der Waals surface area contributed by atoms with E-state index in [1.54, 1.807) is 13.1 Å². The predicted octanol–water partition coefficient (Wildman–Crippen LogP) is 1.57. The van der Waals surface area contributed by atoms with Crippen LogP contribution in [0.1, 0.15) is 25.6 Å². The Kier molecular flexibility index (Phi) is 5.07. The Balaban J connectivity index is 1.34. The molecule has 0 bridgehead atoms. The van der Waals surface area contributed by atoms with Crippen LogP contribution in [0.25, 0.3) is 11.5 Å². The number of pyridine rings is 1. The number of nitrogens with zero attached hydrogens (tertiary/aromatic N) is 6. The topological polar surface area (TPSA) is 78.6 Å². The van der Waals surface area contributed by atoms with Gasteiger partial charge < -0.3 is 14.3 Å². The van der Waals surface area contributed by atoms with Crippen LogP contribution in [0.2, 0.25) is 0 Å². The zero-order chi connectivity index (χ0) is 18.8. The third-order valence-corrected chi connectivity index (χ3v) is 5.48. The first kappa shape index (κ1) is 17.9. The molecule has 1 amide bonds. The molecule has 2 fully saturated rings.